The zero-order chi connectivity index (χ0) is 16.8. The summed E-state index contributed by atoms with van der Waals surface area (Å²) in [5, 5.41) is 3.14. The molecule has 1 aromatic carbocycles. The van der Waals surface area contributed by atoms with Crippen LogP contribution in [0.5, 0.6) is 0 Å². The van der Waals surface area contributed by atoms with Crippen LogP contribution in [0.25, 0.3) is 0 Å². The maximum atomic E-state index is 12.5. The second-order valence-electron chi connectivity index (χ2n) is 6.10. The number of rotatable bonds is 5. The van der Waals surface area contributed by atoms with Crippen molar-refractivity contribution in [2.24, 2.45) is 5.92 Å². The standard InChI is InChI=1S/C18H25BrN2O2/c1-3-13(4-2)17(22)20-16-8-10-21(11-9-16)18(23)14-6-5-7-15(19)12-14/h5-7,12-13,16H,3-4,8-11H2,1-2H3,(H,20,22). The predicted octanol–water partition coefficient (Wildman–Crippen LogP) is 3.61. The van der Waals surface area contributed by atoms with Gasteiger partial charge < -0.3 is 10.2 Å². The van der Waals surface area contributed by atoms with E-state index in [0.29, 0.717) is 18.7 Å². The van der Waals surface area contributed by atoms with Crippen LogP contribution >= 0.6 is 15.9 Å². The predicted molar refractivity (Wildman–Crippen MR) is 95.3 cm³/mol. The van der Waals surface area contributed by atoms with E-state index in [4.69, 9.17) is 0 Å². The molecule has 1 heterocycles. The summed E-state index contributed by atoms with van der Waals surface area (Å²) in [4.78, 5) is 26.5. The van der Waals surface area contributed by atoms with Crippen LogP contribution in [0, 0.1) is 5.92 Å². The molecular formula is C18H25BrN2O2. The molecule has 0 saturated carbocycles. The first-order valence-electron chi connectivity index (χ1n) is 8.40. The molecule has 5 heteroatoms. The Bertz CT molecular complexity index is 550. The molecule has 1 aliphatic rings. The zero-order valence-corrected chi connectivity index (χ0v) is 15.4. The molecule has 2 rings (SSSR count). The summed E-state index contributed by atoms with van der Waals surface area (Å²) in [5.74, 6) is 0.333. The third-order valence-corrected chi connectivity index (χ3v) is 5.05. The molecule has 0 aliphatic carbocycles. The quantitative estimate of drug-likeness (QED) is 0.847. The normalized spacial score (nSPS) is 15.7. The Labute approximate surface area is 146 Å². The number of nitrogens with zero attached hydrogens (tertiary/aromatic N) is 1. The maximum absolute atomic E-state index is 12.5. The van der Waals surface area contributed by atoms with Gasteiger partial charge in [-0.15, -0.1) is 0 Å². The Morgan fingerprint density at radius 2 is 1.91 bits per heavy atom. The second-order valence-corrected chi connectivity index (χ2v) is 7.01. The molecule has 1 aromatic rings. The Morgan fingerprint density at radius 3 is 2.48 bits per heavy atom. The Kier molecular flexibility index (Phi) is 6.63. The molecule has 0 radical (unpaired) electrons. The van der Waals surface area contributed by atoms with Gasteiger partial charge >= 0.3 is 0 Å². The Morgan fingerprint density at radius 1 is 1.26 bits per heavy atom. The molecule has 0 bridgehead atoms. The van der Waals surface area contributed by atoms with E-state index in [1.807, 2.05) is 43.0 Å². The van der Waals surface area contributed by atoms with Crippen molar-refractivity contribution >= 4 is 27.7 Å². The van der Waals surface area contributed by atoms with E-state index in [0.717, 1.165) is 30.2 Å². The van der Waals surface area contributed by atoms with E-state index < -0.39 is 0 Å². The lowest BCUT2D eigenvalue weighted by Crippen LogP contribution is -2.47. The SMILES string of the molecule is CCC(CC)C(=O)NC1CCN(C(=O)c2cccc(Br)c2)CC1. The van der Waals surface area contributed by atoms with Crippen LogP contribution in [-0.4, -0.2) is 35.8 Å². The zero-order valence-electron chi connectivity index (χ0n) is 13.8. The van der Waals surface area contributed by atoms with Crippen molar-refractivity contribution in [3.8, 4) is 0 Å². The minimum absolute atomic E-state index is 0.0658. The van der Waals surface area contributed by atoms with Gasteiger partial charge in [0.25, 0.3) is 5.91 Å². The molecule has 0 atom stereocenters. The second kappa shape index (κ2) is 8.48. The van der Waals surface area contributed by atoms with E-state index in [2.05, 4.69) is 21.2 Å². The van der Waals surface area contributed by atoms with Crippen molar-refractivity contribution in [1.82, 2.24) is 10.2 Å². The number of carbonyl (C=O) groups excluding carboxylic acids is 2. The number of halogens is 1. The lowest BCUT2D eigenvalue weighted by Gasteiger charge is -2.33. The number of piperidine rings is 1. The summed E-state index contributed by atoms with van der Waals surface area (Å²) in [6.45, 7) is 5.48. The monoisotopic (exact) mass is 380 g/mol. The number of hydrogen-bond donors (Lipinski definition) is 1. The van der Waals surface area contributed by atoms with Gasteiger partial charge in [-0.2, -0.15) is 0 Å². The van der Waals surface area contributed by atoms with Gasteiger partial charge in [-0.1, -0.05) is 35.8 Å². The van der Waals surface area contributed by atoms with E-state index in [-0.39, 0.29) is 23.8 Å². The topological polar surface area (TPSA) is 49.4 Å². The lowest BCUT2D eigenvalue weighted by atomic mass is 9.99. The summed E-state index contributed by atoms with van der Waals surface area (Å²) >= 11 is 3.40. The van der Waals surface area contributed by atoms with Crippen LogP contribution in [0.3, 0.4) is 0 Å². The molecule has 4 nitrogen and oxygen atoms in total. The number of nitrogens with one attached hydrogen (secondary N) is 1. The van der Waals surface area contributed by atoms with Gasteiger partial charge in [0.2, 0.25) is 5.91 Å². The molecule has 1 saturated heterocycles. The van der Waals surface area contributed by atoms with Crippen molar-refractivity contribution in [2.45, 2.75) is 45.6 Å². The van der Waals surface area contributed by atoms with Crippen molar-refractivity contribution in [1.29, 1.82) is 0 Å². The number of carbonyl (C=O) groups is 2. The smallest absolute Gasteiger partial charge is 0.253 e. The highest BCUT2D eigenvalue weighted by Crippen LogP contribution is 2.18. The van der Waals surface area contributed by atoms with E-state index in [1.54, 1.807) is 0 Å². The van der Waals surface area contributed by atoms with Gasteiger partial charge in [0.05, 0.1) is 0 Å². The van der Waals surface area contributed by atoms with E-state index in [9.17, 15) is 9.59 Å². The summed E-state index contributed by atoms with van der Waals surface area (Å²) < 4.78 is 0.913. The van der Waals surface area contributed by atoms with E-state index >= 15 is 0 Å². The third kappa shape index (κ3) is 4.80. The fraction of sp³-hybridized carbons (Fsp3) is 0.556. The minimum Gasteiger partial charge on any atom is -0.353 e. The van der Waals surface area contributed by atoms with Crippen molar-refractivity contribution < 1.29 is 9.59 Å². The average molecular weight is 381 g/mol. The van der Waals surface area contributed by atoms with Gasteiger partial charge in [-0.25, -0.2) is 0 Å². The van der Waals surface area contributed by atoms with Crippen LogP contribution in [0.1, 0.15) is 49.9 Å². The van der Waals surface area contributed by atoms with Crippen LogP contribution in [0.15, 0.2) is 28.7 Å². The number of benzene rings is 1. The average Bonchev–Trinajstić information content (AvgIpc) is 2.56. The Hall–Kier alpha value is -1.36. The minimum atomic E-state index is 0.0658. The van der Waals surface area contributed by atoms with Crippen LogP contribution in [0.2, 0.25) is 0 Å². The van der Waals surface area contributed by atoms with Crippen molar-refractivity contribution in [2.75, 3.05) is 13.1 Å². The van der Waals surface area contributed by atoms with Crippen molar-refractivity contribution in [3.05, 3.63) is 34.3 Å². The van der Waals surface area contributed by atoms with Gasteiger partial charge in [0.1, 0.15) is 0 Å². The molecule has 1 aliphatic heterocycles. The molecule has 1 fully saturated rings. The molecule has 0 aromatic heterocycles. The number of hydrogen-bond acceptors (Lipinski definition) is 2. The van der Waals surface area contributed by atoms with Gasteiger partial charge in [0.15, 0.2) is 0 Å². The lowest BCUT2D eigenvalue weighted by molar-refractivity contribution is -0.126. The molecular weight excluding hydrogens is 356 g/mol. The van der Waals surface area contributed by atoms with Crippen LogP contribution < -0.4 is 5.32 Å². The van der Waals surface area contributed by atoms with Crippen LogP contribution in [-0.2, 0) is 4.79 Å². The molecule has 126 valence electrons. The summed E-state index contributed by atoms with van der Waals surface area (Å²) in [6.07, 6.45) is 3.41. The highest BCUT2D eigenvalue weighted by molar-refractivity contribution is 9.10. The third-order valence-electron chi connectivity index (χ3n) is 4.56. The fourth-order valence-electron chi connectivity index (χ4n) is 3.01. The molecule has 0 unspecified atom stereocenters. The van der Waals surface area contributed by atoms with Crippen molar-refractivity contribution in [3.63, 3.8) is 0 Å². The first-order chi connectivity index (χ1) is 11.0. The molecule has 2 amide bonds. The summed E-state index contributed by atoms with van der Waals surface area (Å²) in [7, 11) is 0. The molecule has 23 heavy (non-hydrogen) atoms. The molecule has 0 spiro atoms. The largest absolute Gasteiger partial charge is 0.353 e. The van der Waals surface area contributed by atoms with E-state index in [1.165, 1.54) is 0 Å². The van der Waals surface area contributed by atoms with Crippen LogP contribution in [0.4, 0.5) is 0 Å². The van der Waals surface area contributed by atoms with Gasteiger partial charge in [-0.3, -0.25) is 9.59 Å². The van der Waals surface area contributed by atoms with Gasteiger partial charge in [-0.05, 0) is 43.9 Å². The molecule has 1 N–H and O–H groups in total. The Balaban J connectivity index is 1.86. The highest BCUT2D eigenvalue weighted by atomic mass is 79.9. The number of likely N-dealkylation sites (tertiary alicyclic amines) is 1. The first-order valence-corrected chi connectivity index (χ1v) is 9.19. The maximum Gasteiger partial charge on any atom is 0.253 e. The van der Waals surface area contributed by atoms with Gasteiger partial charge in [0, 0.05) is 35.1 Å². The summed E-state index contributed by atoms with van der Waals surface area (Å²) in [5.41, 5.74) is 0.707. The highest BCUT2D eigenvalue weighted by Gasteiger charge is 2.26. The first kappa shape index (κ1) is 18.0. The fourth-order valence-corrected chi connectivity index (χ4v) is 3.41. The summed E-state index contributed by atoms with van der Waals surface area (Å²) in [6, 6.07) is 7.67. The number of amides is 2.